The molecule has 0 saturated carbocycles. The van der Waals surface area contributed by atoms with Crippen LogP contribution in [-0.2, 0) is 15.1 Å². The van der Waals surface area contributed by atoms with Crippen LogP contribution in [0.4, 0.5) is 10.5 Å². The van der Waals surface area contributed by atoms with Crippen molar-refractivity contribution in [2.75, 3.05) is 18.1 Å². The number of rotatable bonds is 5. The van der Waals surface area contributed by atoms with Gasteiger partial charge in [0.1, 0.15) is 6.54 Å². The lowest BCUT2D eigenvalue weighted by molar-refractivity contribution is -0.133. The van der Waals surface area contributed by atoms with Crippen molar-refractivity contribution in [3.8, 4) is 0 Å². The fourth-order valence-corrected chi connectivity index (χ4v) is 4.23. The number of benzene rings is 1. The molecule has 1 aromatic heterocycles. The summed E-state index contributed by atoms with van der Waals surface area (Å²) < 4.78 is 0.521. The van der Waals surface area contributed by atoms with E-state index < -0.39 is 23.4 Å². The Balaban J connectivity index is 1.72. The number of carbonyl (C=O) groups excluding carboxylic acids is 3. The summed E-state index contributed by atoms with van der Waals surface area (Å²) in [7, 11) is 0. The molecule has 26 heavy (non-hydrogen) atoms. The summed E-state index contributed by atoms with van der Waals surface area (Å²) in [5.74, 6) is -0.922. The third-order valence-electron chi connectivity index (χ3n) is 4.00. The van der Waals surface area contributed by atoms with E-state index >= 15 is 0 Å². The van der Waals surface area contributed by atoms with Crippen molar-refractivity contribution in [1.82, 2.24) is 10.2 Å². The molecule has 1 aliphatic heterocycles. The van der Waals surface area contributed by atoms with Crippen molar-refractivity contribution >= 4 is 58.2 Å². The van der Waals surface area contributed by atoms with Gasteiger partial charge in [0.15, 0.2) is 5.54 Å². The Morgan fingerprint density at radius 2 is 2.12 bits per heavy atom. The standard InChI is InChI=1S/C17H16ClN3O3S2/c1-17(12-6-7-13(18)26-12)15(23)21(16(24)20-17)9-14(22)19-10-4-3-5-11(8-10)25-2/h3-8H,9H2,1-2H3,(H,19,22)(H,20,24)/t17-/m1/s1. The van der Waals surface area contributed by atoms with Crippen LogP contribution in [0.25, 0.3) is 0 Å². The number of thioether (sulfide) groups is 1. The van der Waals surface area contributed by atoms with E-state index in [4.69, 9.17) is 11.6 Å². The first-order valence-corrected chi connectivity index (χ1v) is 10.1. The molecule has 1 aromatic carbocycles. The van der Waals surface area contributed by atoms with Crippen molar-refractivity contribution in [3.05, 3.63) is 45.6 Å². The van der Waals surface area contributed by atoms with Crippen LogP contribution in [0.15, 0.2) is 41.3 Å². The van der Waals surface area contributed by atoms with Gasteiger partial charge in [-0.05, 0) is 43.5 Å². The van der Waals surface area contributed by atoms with E-state index in [1.807, 2.05) is 24.5 Å². The molecule has 0 spiro atoms. The van der Waals surface area contributed by atoms with Gasteiger partial charge in [-0.2, -0.15) is 0 Å². The third-order valence-corrected chi connectivity index (χ3v) is 6.17. The largest absolute Gasteiger partial charge is 0.325 e. The van der Waals surface area contributed by atoms with Gasteiger partial charge in [0.25, 0.3) is 5.91 Å². The number of imide groups is 1. The molecular formula is C17H16ClN3O3S2. The van der Waals surface area contributed by atoms with Gasteiger partial charge in [-0.1, -0.05) is 17.7 Å². The highest BCUT2D eigenvalue weighted by molar-refractivity contribution is 7.98. The van der Waals surface area contributed by atoms with E-state index in [-0.39, 0.29) is 6.54 Å². The molecule has 2 N–H and O–H groups in total. The lowest BCUT2D eigenvalue weighted by Crippen LogP contribution is -2.41. The molecule has 2 heterocycles. The number of thiophene rings is 1. The second kappa shape index (κ2) is 7.30. The van der Waals surface area contributed by atoms with Gasteiger partial charge in [-0.3, -0.25) is 14.5 Å². The van der Waals surface area contributed by atoms with Gasteiger partial charge in [0.05, 0.1) is 4.34 Å². The molecule has 1 atom stereocenters. The number of hydrogen-bond donors (Lipinski definition) is 2. The summed E-state index contributed by atoms with van der Waals surface area (Å²) in [4.78, 5) is 39.8. The maximum atomic E-state index is 12.8. The highest BCUT2D eigenvalue weighted by Crippen LogP contribution is 2.35. The quantitative estimate of drug-likeness (QED) is 0.585. The molecule has 4 amide bonds. The van der Waals surface area contributed by atoms with Gasteiger partial charge in [-0.15, -0.1) is 23.1 Å². The van der Waals surface area contributed by atoms with Crippen molar-refractivity contribution in [2.24, 2.45) is 0 Å². The minimum atomic E-state index is -1.21. The van der Waals surface area contributed by atoms with Crippen molar-refractivity contribution in [3.63, 3.8) is 0 Å². The molecule has 0 bridgehead atoms. The molecule has 0 radical (unpaired) electrons. The molecule has 2 aromatic rings. The average Bonchev–Trinajstić information content (AvgIpc) is 3.13. The molecule has 1 fully saturated rings. The summed E-state index contributed by atoms with van der Waals surface area (Å²) in [6, 6.07) is 10.1. The number of carbonyl (C=O) groups is 3. The number of urea groups is 1. The number of hydrogen-bond acceptors (Lipinski definition) is 5. The van der Waals surface area contributed by atoms with E-state index in [1.54, 1.807) is 36.9 Å². The Bertz CT molecular complexity index is 886. The summed E-state index contributed by atoms with van der Waals surface area (Å²) in [5, 5.41) is 5.36. The normalized spacial score (nSPS) is 19.6. The predicted octanol–water partition coefficient (Wildman–Crippen LogP) is 3.53. The van der Waals surface area contributed by atoms with Crippen molar-refractivity contribution in [2.45, 2.75) is 17.4 Å². The highest BCUT2D eigenvalue weighted by atomic mass is 35.5. The lowest BCUT2D eigenvalue weighted by Gasteiger charge is -2.20. The van der Waals surface area contributed by atoms with E-state index in [0.29, 0.717) is 14.9 Å². The zero-order valence-electron chi connectivity index (χ0n) is 14.0. The fraction of sp³-hybridized carbons (Fsp3) is 0.235. The fourth-order valence-electron chi connectivity index (χ4n) is 2.64. The van der Waals surface area contributed by atoms with Crippen LogP contribution in [0.1, 0.15) is 11.8 Å². The molecule has 1 saturated heterocycles. The maximum absolute atomic E-state index is 12.8. The Labute approximate surface area is 163 Å². The van der Waals surface area contributed by atoms with Crippen molar-refractivity contribution in [1.29, 1.82) is 0 Å². The van der Waals surface area contributed by atoms with E-state index in [0.717, 1.165) is 9.80 Å². The minimum absolute atomic E-state index is 0.358. The lowest BCUT2D eigenvalue weighted by atomic mass is 10.0. The minimum Gasteiger partial charge on any atom is -0.324 e. The van der Waals surface area contributed by atoms with Gasteiger partial charge >= 0.3 is 6.03 Å². The number of amides is 4. The first-order valence-electron chi connectivity index (χ1n) is 7.67. The third kappa shape index (κ3) is 3.58. The number of nitrogens with one attached hydrogen (secondary N) is 2. The van der Waals surface area contributed by atoms with Crippen LogP contribution >= 0.6 is 34.7 Å². The van der Waals surface area contributed by atoms with Gasteiger partial charge in [-0.25, -0.2) is 4.79 Å². The van der Waals surface area contributed by atoms with Crippen molar-refractivity contribution < 1.29 is 14.4 Å². The Morgan fingerprint density at radius 1 is 1.35 bits per heavy atom. The van der Waals surface area contributed by atoms with Gasteiger partial charge < -0.3 is 10.6 Å². The SMILES string of the molecule is CSc1cccc(NC(=O)CN2C(=O)N[C@](C)(c3ccc(Cl)s3)C2=O)c1. The Hall–Kier alpha value is -2.03. The number of anilines is 1. The smallest absolute Gasteiger partial charge is 0.324 e. The maximum Gasteiger partial charge on any atom is 0.325 e. The Morgan fingerprint density at radius 3 is 2.77 bits per heavy atom. The average molecular weight is 410 g/mol. The number of halogens is 1. The zero-order chi connectivity index (χ0) is 18.9. The summed E-state index contributed by atoms with van der Waals surface area (Å²) in [5.41, 5.74) is -0.602. The van der Waals surface area contributed by atoms with Crippen LogP contribution in [0, 0.1) is 0 Å². The van der Waals surface area contributed by atoms with E-state index in [9.17, 15) is 14.4 Å². The molecule has 0 unspecified atom stereocenters. The second-order valence-corrected chi connectivity index (χ2v) is 8.43. The first-order chi connectivity index (χ1) is 12.3. The van der Waals surface area contributed by atoms with Crippen LogP contribution in [-0.4, -0.2) is 35.5 Å². The van der Waals surface area contributed by atoms with Crippen LogP contribution in [0.2, 0.25) is 4.34 Å². The van der Waals surface area contributed by atoms with Crippen LogP contribution in [0.3, 0.4) is 0 Å². The second-order valence-electron chi connectivity index (χ2n) is 5.83. The molecule has 6 nitrogen and oxygen atoms in total. The van der Waals surface area contributed by atoms with E-state index in [2.05, 4.69) is 10.6 Å². The molecule has 9 heteroatoms. The summed E-state index contributed by atoms with van der Waals surface area (Å²) in [6.07, 6.45) is 1.94. The van der Waals surface area contributed by atoms with Crippen LogP contribution < -0.4 is 10.6 Å². The van der Waals surface area contributed by atoms with Gasteiger partial charge in [0.2, 0.25) is 5.91 Å². The molecule has 0 aliphatic carbocycles. The first kappa shape index (κ1) is 18.8. The molecule has 136 valence electrons. The topological polar surface area (TPSA) is 78.5 Å². The number of nitrogens with zero attached hydrogens (tertiary/aromatic N) is 1. The summed E-state index contributed by atoms with van der Waals surface area (Å²) in [6.45, 7) is 1.25. The molecular weight excluding hydrogens is 394 g/mol. The highest BCUT2D eigenvalue weighted by Gasteiger charge is 2.50. The summed E-state index contributed by atoms with van der Waals surface area (Å²) >= 11 is 8.71. The Kier molecular flexibility index (Phi) is 5.27. The molecule has 3 rings (SSSR count). The van der Waals surface area contributed by atoms with Gasteiger partial charge in [0, 0.05) is 15.5 Å². The predicted molar refractivity (Wildman–Crippen MR) is 104 cm³/mol. The van der Waals surface area contributed by atoms with E-state index in [1.165, 1.54) is 11.3 Å². The zero-order valence-corrected chi connectivity index (χ0v) is 16.4. The molecule has 1 aliphatic rings. The monoisotopic (exact) mass is 409 g/mol. The van der Waals surface area contributed by atoms with Crippen LogP contribution in [0.5, 0.6) is 0 Å².